The molecule has 0 bridgehead atoms. The van der Waals surface area contributed by atoms with E-state index in [0.717, 1.165) is 36.9 Å². The fraction of sp³-hybridized carbons (Fsp3) is 0.625. The molecule has 1 aromatic rings. The minimum absolute atomic E-state index is 0.666. The van der Waals surface area contributed by atoms with Gasteiger partial charge in [0, 0.05) is 17.8 Å². The molecule has 3 rings (SSSR count). The molecular weight excluding hydrogens is 234 g/mol. The first kappa shape index (κ1) is 12.5. The van der Waals surface area contributed by atoms with E-state index >= 15 is 0 Å². The molecule has 1 aromatic heterocycles. The first-order chi connectivity index (χ1) is 9.28. The summed E-state index contributed by atoms with van der Waals surface area (Å²) in [4.78, 5) is 11.6. The Labute approximate surface area is 115 Å². The smallest absolute Gasteiger partial charge is 0.136 e. The summed E-state index contributed by atoms with van der Waals surface area (Å²) in [5.41, 5.74) is 2.61. The van der Waals surface area contributed by atoms with Gasteiger partial charge in [0.25, 0.3) is 0 Å². The zero-order valence-electron chi connectivity index (χ0n) is 11.7. The fourth-order valence-electron chi connectivity index (χ4n) is 2.90. The van der Waals surface area contributed by atoms with E-state index in [1.807, 2.05) is 6.92 Å². The van der Waals surface area contributed by atoms with E-state index < -0.39 is 0 Å². The molecule has 0 amide bonds. The van der Waals surface area contributed by atoms with E-state index in [1.54, 1.807) is 0 Å². The maximum Gasteiger partial charge on any atom is 0.136 e. The van der Waals surface area contributed by atoms with Gasteiger partial charge in [-0.05, 0) is 51.4 Å². The van der Waals surface area contributed by atoms with Gasteiger partial charge in [-0.15, -0.1) is 6.42 Å². The molecule has 0 aliphatic heterocycles. The molecule has 1 saturated carbocycles. The molecule has 0 N–H and O–H groups in total. The molecule has 2 aliphatic rings. The standard InChI is InChI=1S/C16H21N3/c1-3-10-19(11-13-8-9-13)16-14-6-4-5-7-15(14)17-12(2)18-16/h1,13H,4-11H2,2H3. The predicted octanol–water partition coefficient (Wildman–Crippen LogP) is 2.51. The van der Waals surface area contributed by atoms with Gasteiger partial charge in [-0.2, -0.15) is 0 Å². The van der Waals surface area contributed by atoms with Gasteiger partial charge in [0.2, 0.25) is 0 Å². The molecule has 0 unspecified atom stereocenters. The Hall–Kier alpha value is -1.56. The largest absolute Gasteiger partial charge is 0.345 e. The second-order valence-corrected chi connectivity index (χ2v) is 5.75. The lowest BCUT2D eigenvalue weighted by Crippen LogP contribution is -2.29. The van der Waals surface area contributed by atoms with Crippen LogP contribution in [0.15, 0.2) is 0 Å². The summed E-state index contributed by atoms with van der Waals surface area (Å²) in [7, 11) is 0. The van der Waals surface area contributed by atoms with E-state index in [2.05, 4.69) is 15.8 Å². The summed E-state index contributed by atoms with van der Waals surface area (Å²) < 4.78 is 0. The van der Waals surface area contributed by atoms with Crippen LogP contribution in [0.2, 0.25) is 0 Å². The summed E-state index contributed by atoms with van der Waals surface area (Å²) in [6.07, 6.45) is 12.9. The van der Waals surface area contributed by atoms with Crippen molar-refractivity contribution in [1.82, 2.24) is 9.97 Å². The molecule has 2 aliphatic carbocycles. The lowest BCUT2D eigenvalue weighted by molar-refractivity contribution is 0.648. The Kier molecular flexibility index (Phi) is 3.42. The average Bonchev–Trinajstić information content (AvgIpc) is 3.21. The van der Waals surface area contributed by atoms with Gasteiger partial charge >= 0.3 is 0 Å². The van der Waals surface area contributed by atoms with Crippen molar-refractivity contribution in [3.8, 4) is 12.3 Å². The Morgan fingerprint density at radius 3 is 2.79 bits per heavy atom. The summed E-state index contributed by atoms with van der Waals surface area (Å²) >= 11 is 0. The van der Waals surface area contributed by atoms with Gasteiger partial charge in [0.05, 0.1) is 6.54 Å². The number of aryl methyl sites for hydroxylation is 2. The van der Waals surface area contributed by atoms with Crippen LogP contribution < -0.4 is 4.90 Å². The van der Waals surface area contributed by atoms with Gasteiger partial charge in [-0.25, -0.2) is 9.97 Å². The van der Waals surface area contributed by atoms with Crippen LogP contribution in [0, 0.1) is 25.2 Å². The Morgan fingerprint density at radius 2 is 2.05 bits per heavy atom. The molecule has 19 heavy (non-hydrogen) atoms. The average molecular weight is 255 g/mol. The molecule has 100 valence electrons. The van der Waals surface area contributed by atoms with Crippen molar-refractivity contribution >= 4 is 5.82 Å². The van der Waals surface area contributed by atoms with Gasteiger partial charge in [0.15, 0.2) is 0 Å². The zero-order chi connectivity index (χ0) is 13.2. The van der Waals surface area contributed by atoms with Gasteiger partial charge in [-0.3, -0.25) is 0 Å². The Balaban J connectivity index is 1.96. The number of aromatic nitrogens is 2. The minimum Gasteiger partial charge on any atom is -0.345 e. The highest BCUT2D eigenvalue weighted by molar-refractivity contribution is 5.51. The molecular formula is C16H21N3. The summed E-state index contributed by atoms with van der Waals surface area (Å²) in [5.74, 6) is 5.61. The minimum atomic E-state index is 0.666. The van der Waals surface area contributed by atoms with Crippen LogP contribution in [0.4, 0.5) is 5.82 Å². The number of fused-ring (bicyclic) bond motifs is 1. The van der Waals surface area contributed by atoms with Gasteiger partial charge in [-0.1, -0.05) is 5.92 Å². The van der Waals surface area contributed by atoms with E-state index in [-0.39, 0.29) is 0 Å². The van der Waals surface area contributed by atoms with Gasteiger partial charge < -0.3 is 4.90 Å². The quantitative estimate of drug-likeness (QED) is 0.774. The van der Waals surface area contributed by atoms with Crippen LogP contribution >= 0.6 is 0 Å². The Bertz CT molecular complexity index is 511. The highest BCUT2D eigenvalue weighted by Crippen LogP contribution is 2.33. The van der Waals surface area contributed by atoms with E-state index in [1.165, 1.54) is 36.9 Å². The first-order valence-corrected chi connectivity index (χ1v) is 7.32. The number of hydrogen-bond acceptors (Lipinski definition) is 3. The van der Waals surface area contributed by atoms with Crippen molar-refractivity contribution in [2.45, 2.75) is 45.4 Å². The highest BCUT2D eigenvalue weighted by atomic mass is 15.2. The molecule has 0 aromatic carbocycles. The molecule has 3 nitrogen and oxygen atoms in total. The fourth-order valence-corrected chi connectivity index (χ4v) is 2.90. The van der Waals surface area contributed by atoms with Crippen LogP contribution in [-0.4, -0.2) is 23.1 Å². The molecule has 1 heterocycles. The molecule has 3 heteroatoms. The van der Waals surface area contributed by atoms with Crippen LogP contribution in [0.25, 0.3) is 0 Å². The third-order valence-corrected chi connectivity index (χ3v) is 4.03. The predicted molar refractivity (Wildman–Crippen MR) is 77.2 cm³/mol. The second kappa shape index (κ2) is 5.21. The normalized spacial score (nSPS) is 17.7. The van der Waals surface area contributed by atoms with E-state index in [0.29, 0.717) is 6.54 Å². The van der Waals surface area contributed by atoms with Crippen molar-refractivity contribution in [2.75, 3.05) is 18.0 Å². The molecule has 1 fully saturated rings. The maximum absolute atomic E-state index is 5.54. The number of anilines is 1. The van der Waals surface area contributed by atoms with Crippen LogP contribution in [0.5, 0.6) is 0 Å². The maximum atomic E-state index is 5.54. The zero-order valence-corrected chi connectivity index (χ0v) is 11.7. The molecule has 0 atom stereocenters. The van der Waals surface area contributed by atoms with Crippen molar-refractivity contribution in [3.63, 3.8) is 0 Å². The summed E-state index contributed by atoms with van der Waals surface area (Å²) in [5, 5.41) is 0. The summed E-state index contributed by atoms with van der Waals surface area (Å²) in [6, 6.07) is 0. The van der Waals surface area contributed by atoms with Crippen molar-refractivity contribution in [1.29, 1.82) is 0 Å². The van der Waals surface area contributed by atoms with Crippen LogP contribution in [0.3, 0.4) is 0 Å². The molecule has 0 radical (unpaired) electrons. The summed E-state index contributed by atoms with van der Waals surface area (Å²) in [6.45, 7) is 3.72. The third kappa shape index (κ3) is 2.73. The second-order valence-electron chi connectivity index (χ2n) is 5.75. The molecule has 0 saturated heterocycles. The number of rotatable bonds is 4. The van der Waals surface area contributed by atoms with Crippen molar-refractivity contribution in [2.24, 2.45) is 5.92 Å². The highest BCUT2D eigenvalue weighted by Gasteiger charge is 2.27. The lowest BCUT2D eigenvalue weighted by atomic mass is 9.96. The molecule has 0 spiro atoms. The van der Waals surface area contributed by atoms with Crippen LogP contribution in [-0.2, 0) is 12.8 Å². The first-order valence-electron chi connectivity index (χ1n) is 7.32. The van der Waals surface area contributed by atoms with Crippen molar-refractivity contribution < 1.29 is 0 Å². The van der Waals surface area contributed by atoms with Crippen molar-refractivity contribution in [3.05, 3.63) is 17.1 Å². The SMILES string of the molecule is C#CCN(CC1CC1)c1nc(C)nc2c1CCCC2. The van der Waals surface area contributed by atoms with Gasteiger partial charge in [0.1, 0.15) is 11.6 Å². The van der Waals surface area contributed by atoms with E-state index in [9.17, 15) is 0 Å². The lowest BCUT2D eigenvalue weighted by Gasteiger charge is -2.27. The Morgan fingerprint density at radius 1 is 1.26 bits per heavy atom. The number of nitrogens with zero attached hydrogens (tertiary/aromatic N) is 3. The van der Waals surface area contributed by atoms with Crippen LogP contribution in [0.1, 0.15) is 42.8 Å². The number of terminal acetylenes is 1. The monoisotopic (exact) mass is 255 g/mol. The number of hydrogen-bond donors (Lipinski definition) is 0. The van der Waals surface area contributed by atoms with E-state index in [4.69, 9.17) is 11.4 Å². The topological polar surface area (TPSA) is 29.0 Å². The third-order valence-electron chi connectivity index (χ3n) is 4.03.